The van der Waals surface area contributed by atoms with Crippen molar-refractivity contribution in [3.05, 3.63) is 10.4 Å². The van der Waals surface area contributed by atoms with Crippen molar-refractivity contribution >= 4 is 23.2 Å². The van der Waals surface area contributed by atoms with Crippen LogP contribution in [0.25, 0.3) is 0 Å². The van der Waals surface area contributed by atoms with Crippen LogP contribution < -0.4 is 4.74 Å². The molecule has 0 radical (unpaired) electrons. The highest BCUT2D eigenvalue weighted by molar-refractivity contribution is 6.31. The van der Waals surface area contributed by atoms with Crippen molar-refractivity contribution < 1.29 is 4.74 Å². The Balaban J connectivity index is 2.45. The zero-order chi connectivity index (χ0) is 10.4. The lowest BCUT2D eigenvalue weighted by Crippen LogP contribution is -2.01. The maximum atomic E-state index is 5.69. The Bertz CT molecular complexity index is 296. The van der Waals surface area contributed by atoms with Crippen LogP contribution in [0.3, 0.4) is 0 Å². The topological polar surface area (TPSA) is 47.9 Å². The van der Waals surface area contributed by atoms with Crippen LogP contribution in [0.5, 0.6) is 5.88 Å². The minimum absolute atomic E-state index is 0.0416. The Morgan fingerprint density at radius 1 is 1.21 bits per heavy atom. The van der Waals surface area contributed by atoms with E-state index < -0.39 is 0 Å². The third-order valence-corrected chi connectivity index (χ3v) is 1.97. The molecule has 1 aromatic rings. The third-order valence-electron chi connectivity index (χ3n) is 1.58. The van der Waals surface area contributed by atoms with Crippen LogP contribution in [0.4, 0.5) is 0 Å². The highest BCUT2D eigenvalue weighted by atomic mass is 35.5. The van der Waals surface area contributed by atoms with E-state index in [0.29, 0.717) is 6.61 Å². The lowest BCUT2D eigenvalue weighted by molar-refractivity contribution is 0.293. The number of hydrogen-bond donors (Lipinski definition) is 0. The number of aromatic nitrogens is 3. The van der Waals surface area contributed by atoms with E-state index in [1.807, 2.05) is 0 Å². The molecule has 1 aromatic heterocycles. The molecular formula is C8H11Cl2N3O. The summed E-state index contributed by atoms with van der Waals surface area (Å²) < 4.78 is 5.29. The van der Waals surface area contributed by atoms with E-state index in [0.717, 1.165) is 19.3 Å². The lowest BCUT2D eigenvalue weighted by Gasteiger charge is -2.04. The Labute approximate surface area is 92.6 Å². The van der Waals surface area contributed by atoms with E-state index in [9.17, 15) is 0 Å². The molecule has 78 valence electrons. The van der Waals surface area contributed by atoms with Crippen molar-refractivity contribution in [1.82, 2.24) is 15.2 Å². The van der Waals surface area contributed by atoms with Gasteiger partial charge in [0.2, 0.25) is 10.4 Å². The average molecular weight is 236 g/mol. The molecule has 4 nitrogen and oxygen atoms in total. The van der Waals surface area contributed by atoms with E-state index in [1.165, 1.54) is 0 Å². The summed E-state index contributed by atoms with van der Waals surface area (Å²) in [6.07, 6.45) is 3.22. The number of unbranched alkanes of at least 4 members (excludes halogenated alkanes) is 2. The molecule has 6 heteroatoms. The van der Waals surface area contributed by atoms with Gasteiger partial charge in [-0.1, -0.05) is 31.4 Å². The molecule has 0 aliphatic rings. The predicted octanol–water partition coefficient (Wildman–Crippen LogP) is 2.75. The van der Waals surface area contributed by atoms with Crippen LogP contribution in [-0.2, 0) is 0 Å². The summed E-state index contributed by atoms with van der Waals surface area (Å²) in [5.74, 6) is 0.253. The maximum Gasteiger partial charge on any atom is 0.256 e. The first-order valence-electron chi connectivity index (χ1n) is 4.42. The van der Waals surface area contributed by atoms with Gasteiger partial charge in [-0.3, -0.25) is 0 Å². The summed E-state index contributed by atoms with van der Waals surface area (Å²) in [6, 6.07) is 0. The molecule has 14 heavy (non-hydrogen) atoms. The second kappa shape index (κ2) is 5.98. The van der Waals surface area contributed by atoms with Crippen LogP contribution >= 0.6 is 23.2 Å². The Kier molecular flexibility index (Phi) is 4.90. The largest absolute Gasteiger partial charge is 0.475 e. The van der Waals surface area contributed by atoms with E-state index in [1.54, 1.807) is 0 Å². The van der Waals surface area contributed by atoms with Crippen molar-refractivity contribution in [3.63, 3.8) is 0 Å². The zero-order valence-corrected chi connectivity index (χ0v) is 9.35. The molecule has 0 spiro atoms. The number of nitrogens with zero attached hydrogens (tertiary/aromatic N) is 3. The van der Waals surface area contributed by atoms with Crippen molar-refractivity contribution in [1.29, 1.82) is 0 Å². The van der Waals surface area contributed by atoms with Crippen LogP contribution in [0.15, 0.2) is 0 Å². The standard InChI is InChI=1S/C8H11Cl2N3O/c1-2-3-4-5-14-7-6(9)12-13-8(10)11-7/h2-5H2,1H3. The highest BCUT2D eigenvalue weighted by Crippen LogP contribution is 2.19. The summed E-state index contributed by atoms with van der Waals surface area (Å²) >= 11 is 11.2. The molecule has 1 rings (SSSR count). The second-order valence-electron chi connectivity index (χ2n) is 2.73. The quantitative estimate of drug-likeness (QED) is 0.737. The summed E-state index contributed by atoms with van der Waals surface area (Å²) in [6.45, 7) is 2.69. The van der Waals surface area contributed by atoms with Gasteiger partial charge in [-0.2, -0.15) is 4.98 Å². The minimum atomic E-state index is 0.0416. The van der Waals surface area contributed by atoms with Crippen LogP contribution in [0.2, 0.25) is 10.4 Å². The third kappa shape index (κ3) is 3.64. The molecule has 0 aromatic carbocycles. The first-order valence-corrected chi connectivity index (χ1v) is 5.18. The smallest absolute Gasteiger partial charge is 0.256 e. The maximum absolute atomic E-state index is 5.69. The van der Waals surface area contributed by atoms with Gasteiger partial charge in [-0.05, 0) is 18.0 Å². The van der Waals surface area contributed by atoms with E-state index in [4.69, 9.17) is 27.9 Å². The predicted molar refractivity (Wildman–Crippen MR) is 54.9 cm³/mol. The number of hydrogen-bond acceptors (Lipinski definition) is 4. The van der Waals surface area contributed by atoms with Crippen molar-refractivity contribution in [2.24, 2.45) is 0 Å². The molecular weight excluding hydrogens is 225 g/mol. The van der Waals surface area contributed by atoms with Gasteiger partial charge in [0.15, 0.2) is 0 Å². The molecule has 1 heterocycles. The van der Waals surface area contributed by atoms with Crippen molar-refractivity contribution in [3.8, 4) is 5.88 Å². The second-order valence-corrected chi connectivity index (χ2v) is 3.43. The Morgan fingerprint density at radius 2 is 2.00 bits per heavy atom. The Hall–Kier alpha value is -0.610. The molecule has 0 fully saturated rings. The molecule has 0 saturated carbocycles. The monoisotopic (exact) mass is 235 g/mol. The normalized spacial score (nSPS) is 10.2. The van der Waals surface area contributed by atoms with Crippen molar-refractivity contribution in [2.45, 2.75) is 26.2 Å². The SMILES string of the molecule is CCCCCOc1nc(Cl)nnc1Cl. The fourth-order valence-corrected chi connectivity index (χ4v) is 1.14. The number of ether oxygens (including phenoxy) is 1. The molecule has 0 unspecified atom stereocenters. The van der Waals surface area contributed by atoms with E-state index in [-0.39, 0.29) is 16.3 Å². The molecule has 0 bridgehead atoms. The summed E-state index contributed by atoms with van der Waals surface area (Å²) in [7, 11) is 0. The van der Waals surface area contributed by atoms with Gasteiger partial charge in [-0.15, -0.1) is 10.2 Å². The Morgan fingerprint density at radius 3 is 2.71 bits per heavy atom. The van der Waals surface area contributed by atoms with Gasteiger partial charge in [0.25, 0.3) is 5.88 Å². The fourth-order valence-electron chi connectivity index (χ4n) is 0.893. The molecule has 0 atom stereocenters. The molecule has 0 saturated heterocycles. The van der Waals surface area contributed by atoms with Gasteiger partial charge in [0.05, 0.1) is 6.61 Å². The highest BCUT2D eigenvalue weighted by Gasteiger charge is 2.06. The van der Waals surface area contributed by atoms with Crippen LogP contribution in [0, 0.1) is 0 Å². The van der Waals surface area contributed by atoms with Crippen molar-refractivity contribution in [2.75, 3.05) is 6.61 Å². The van der Waals surface area contributed by atoms with Crippen LogP contribution in [0.1, 0.15) is 26.2 Å². The van der Waals surface area contributed by atoms with Gasteiger partial charge >= 0.3 is 0 Å². The van der Waals surface area contributed by atoms with Gasteiger partial charge in [0, 0.05) is 0 Å². The van der Waals surface area contributed by atoms with Gasteiger partial charge in [0.1, 0.15) is 0 Å². The van der Waals surface area contributed by atoms with Crippen LogP contribution in [-0.4, -0.2) is 21.8 Å². The lowest BCUT2D eigenvalue weighted by atomic mass is 10.3. The summed E-state index contributed by atoms with van der Waals surface area (Å²) in [5.41, 5.74) is 0. The first kappa shape index (κ1) is 11.5. The first-order chi connectivity index (χ1) is 6.74. The fraction of sp³-hybridized carbons (Fsp3) is 0.625. The molecule has 0 N–H and O–H groups in total. The number of halogens is 2. The number of rotatable bonds is 5. The van der Waals surface area contributed by atoms with E-state index in [2.05, 4.69) is 22.1 Å². The summed E-state index contributed by atoms with van der Waals surface area (Å²) in [4.78, 5) is 3.81. The average Bonchev–Trinajstić information content (AvgIpc) is 2.18. The molecule has 0 aliphatic carbocycles. The molecule has 0 amide bonds. The minimum Gasteiger partial charge on any atom is -0.475 e. The zero-order valence-electron chi connectivity index (χ0n) is 7.83. The molecule has 0 aliphatic heterocycles. The van der Waals surface area contributed by atoms with Gasteiger partial charge < -0.3 is 4.74 Å². The van der Waals surface area contributed by atoms with E-state index >= 15 is 0 Å². The summed E-state index contributed by atoms with van der Waals surface area (Å²) in [5, 5.41) is 7.24. The van der Waals surface area contributed by atoms with Gasteiger partial charge in [-0.25, -0.2) is 0 Å².